The third kappa shape index (κ3) is 4.13. The molecule has 3 heterocycles. The zero-order valence-electron chi connectivity index (χ0n) is 18.5. The number of nitrogens with zero attached hydrogens (tertiary/aromatic N) is 4. The molecule has 0 spiro atoms. The Kier molecular flexibility index (Phi) is 6.32. The SMILES string of the molecule is COC(=O)c1c(-c2ccc(C(=O)N(c3ncccc3C)[C@@H]3CCCNC3)cc2)cnn1C. The number of pyridine rings is 1. The summed E-state index contributed by atoms with van der Waals surface area (Å²) in [4.78, 5) is 32.1. The Bertz CT molecular complexity index is 1120. The van der Waals surface area contributed by atoms with E-state index >= 15 is 0 Å². The van der Waals surface area contributed by atoms with Gasteiger partial charge in [0.1, 0.15) is 5.82 Å². The lowest BCUT2D eigenvalue weighted by Gasteiger charge is -2.34. The standard InChI is InChI=1S/C24H27N5O3/c1-16-6-4-13-26-22(16)29(19-7-5-12-25-14-19)23(30)18-10-8-17(9-11-18)20-15-27-28(2)21(20)24(31)32-3/h4,6,8-11,13,15,19,25H,5,7,12,14H2,1-3H3/t19-/m1/s1. The number of carbonyl (C=O) groups is 2. The van der Waals surface area contributed by atoms with Crippen molar-refractivity contribution in [3.63, 3.8) is 0 Å². The smallest absolute Gasteiger partial charge is 0.356 e. The van der Waals surface area contributed by atoms with E-state index in [4.69, 9.17) is 4.74 Å². The van der Waals surface area contributed by atoms with Gasteiger partial charge in [-0.2, -0.15) is 5.10 Å². The van der Waals surface area contributed by atoms with Gasteiger partial charge in [-0.05, 0) is 55.6 Å². The molecular weight excluding hydrogens is 406 g/mol. The van der Waals surface area contributed by atoms with Crippen molar-refractivity contribution in [3.8, 4) is 11.1 Å². The number of rotatable bonds is 5. The van der Waals surface area contributed by atoms with Crippen molar-refractivity contribution in [2.45, 2.75) is 25.8 Å². The van der Waals surface area contributed by atoms with E-state index in [0.717, 1.165) is 37.1 Å². The van der Waals surface area contributed by atoms with Gasteiger partial charge in [-0.25, -0.2) is 9.78 Å². The topological polar surface area (TPSA) is 89.3 Å². The maximum absolute atomic E-state index is 13.6. The van der Waals surface area contributed by atoms with E-state index in [1.54, 1.807) is 31.6 Å². The van der Waals surface area contributed by atoms with Crippen molar-refractivity contribution in [2.24, 2.45) is 7.05 Å². The number of nitrogens with one attached hydrogen (secondary N) is 1. The minimum Gasteiger partial charge on any atom is -0.464 e. The fraction of sp³-hybridized carbons (Fsp3) is 0.333. The van der Waals surface area contributed by atoms with Gasteiger partial charge >= 0.3 is 5.97 Å². The maximum atomic E-state index is 13.6. The van der Waals surface area contributed by atoms with Gasteiger partial charge in [0.05, 0.1) is 19.3 Å². The van der Waals surface area contributed by atoms with Crippen LogP contribution in [0, 0.1) is 6.92 Å². The Labute approximate surface area is 187 Å². The summed E-state index contributed by atoms with van der Waals surface area (Å²) in [5.41, 5.74) is 3.34. The van der Waals surface area contributed by atoms with E-state index in [2.05, 4.69) is 15.4 Å². The number of carbonyl (C=O) groups excluding carboxylic acids is 2. The predicted octanol–water partition coefficient (Wildman–Crippen LogP) is 2.98. The van der Waals surface area contributed by atoms with Crippen molar-refractivity contribution in [1.82, 2.24) is 20.1 Å². The van der Waals surface area contributed by atoms with E-state index in [0.29, 0.717) is 22.6 Å². The zero-order valence-corrected chi connectivity index (χ0v) is 18.5. The van der Waals surface area contributed by atoms with Gasteiger partial charge in [-0.1, -0.05) is 18.2 Å². The summed E-state index contributed by atoms with van der Waals surface area (Å²) in [6, 6.07) is 11.1. The van der Waals surface area contributed by atoms with E-state index in [-0.39, 0.29) is 11.9 Å². The molecule has 3 aromatic rings. The Morgan fingerprint density at radius 3 is 2.66 bits per heavy atom. The van der Waals surface area contributed by atoms with Gasteiger partial charge < -0.3 is 10.1 Å². The summed E-state index contributed by atoms with van der Waals surface area (Å²) in [6.07, 6.45) is 5.28. The van der Waals surface area contributed by atoms with Gasteiger partial charge in [0.25, 0.3) is 5.91 Å². The molecule has 0 aliphatic carbocycles. The van der Waals surface area contributed by atoms with Crippen LogP contribution in [0.25, 0.3) is 11.1 Å². The first-order chi connectivity index (χ1) is 15.5. The van der Waals surface area contributed by atoms with E-state index < -0.39 is 5.97 Å². The average Bonchev–Trinajstić information content (AvgIpc) is 3.22. The summed E-state index contributed by atoms with van der Waals surface area (Å²) in [5, 5.41) is 7.58. The number of hydrogen-bond acceptors (Lipinski definition) is 6. The number of piperidine rings is 1. The van der Waals surface area contributed by atoms with Crippen LogP contribution in [0.4, 0.5) is 5.82 Å². The Morgan fingerprint density at radius 1 is 1.22 bits per heavy atom. The van der Waals surface area contributed by atoms with Gasteiger partial charge in [-0.3, -0.25) is 14.4 Å². The van der Waals surface area contributed by atoms with E-state index in [9.17, 15) is 9.59 Å². The van der Waals surface area contributed by atoms with Crippen LogP contribution in [-0.4, -0.2) is 52.9 Å². The van der Waals surface area contributed by atoms with E-state index in [1.165, 1.54) is 11.8 Å². The van der Waals surface area contributed by atoms with Crippen LogP contribution in [0.15, 0.2) is 48.8 Å². The second-order valence-electron chi connectivity index (χ2n) is 7.92. The van der Waals surface area contributed by atoms with Crippen molar-refractivity contribution >= 4 is 17.7 Å². The molecular formula is C24H27N5O3. The summed E-state index contributed by atoms with van der Waals surface area (Å²) in [6.45, 7) is 3.67. The van der Waals surface area contributed by atoms with Crippen molar-refractivity contribution in [2.75, 3.05) is 25.1 Å². The lowest BCUT2D eigenvalue weighted by atomic mass is 10.0. The Hall–Kier alpha value is -3.52. The number of anilines is 1. The van der Waals surface area contributed by atoms with Crippen LogP contribution in [0.5, 0.6) is 0 Å². The molecule has 8 nitrogen and oxygen atoms in total. The van der Waals surface area contributed by atoms with Crippen LogP contribution in [0.2, 0.25) is 0 Å². The molecule has 1 fully saturated rings. The third-order valence-corrected chi connectivity index (χ3v) is 5.83. The molecule has 32 heavy (non-hydrogen) atoms. The maximum Gasteiger partial charge on any atom is 0.356 e. The normalized spacial score (nSPS) is 15.9. The molecule has 1 saturated heterocycles. The monoisotopic (exact) mass is 433 g/mol. The molecule has 2 aromatic heterocycles. The van der Waals surface area contributed by atoms with Crippen molar-refractivity contribution in [3.05, 3.63) is 65.6 Å². The molecule has 0 bridgehead atoms. The molecule has 1 amide bonds. The molecule has 0 unspecified atom stereocenters. The molecule has 1 aliphatic rings. The van der Waals surface area contributed by atoms with Gasteiger partial charge in [0.2, 0.25) is 0 Å². The second-order valence-corrected chi connectivity index (χ2v) is 7.92. The van der Waals surface area contributed by atoms with Crippen molar-refractivity contribution < 1.29 is 14.3 Å². The fourth-order valence-corrected chi connectivity index (χ4v) is 4.14. The van der Waals surface area contributed by atoms with Crippen LogP contribution < -0.4 is 10.2 Å². The molecule has 1 aliphatic heterocycles. The highest BCUT2D eigenvalue weighted by atomic mass is 16.5. The molecule has 8 heteroatoms. The summed E-state index contributed by atoms with van der Waals surface area (Å²) < 4.78 is 6.37. The highest BCUT2D eigenvalue weighted by Gasteiger charge is 2.29. The van der Waals surface area contributed by atoms with Gasteiger partial charge in [0.15, 0.2) is 5.69 Å². The molecule has 0 saturated carbocycles. The number of amides is 1. The lowest BCUT2D eigenvalue weighted by molar-refractivity contribution is 0.0589. The molecule has 1 aromatic carbocycles. The largest absolute Gasteiger partial charge is 0.464 e. The first-order valence-corrected chi connectivity index (χ1v) is 10.7. The Morgan fingerprint density at radius 2 is 2.00 bits per heavy atom. The summed E-state index contributed by atoms with van der Waals surface area (Å²) in [5.74, 6) is 0.142. The number of esters is 1. The summed E-state index contributed by atoms with van der Waals surface area (Å²) >= 11 is 0. The predicted molar refractivity (Wildman–Crippen MR) is 122 cm³/mol. The zero-order chi connectivity index (χ0) is 22.7. The number of benzene rings is 1. The van der Waals surface area contributed by atoms with Crippen LogP contribution in [0.3, 0.4) is 0 Å². The molecule has 0 radical (unpaired) electrons. The van der Waals surface area contributed by atoms with E-state index in [1.807, 2.05) is 36.1 Å². The van der Waals surface area contributed by atoms with Crippen molar-refractivity contribution in [1.29, 1.82) is 0 Å². The first-order valence-electron chi connectivity index (χ1n) is 10.7. The second kappa shape index (κ2) is 9.32. The molecule has 166 valence electrons. The quantitative estimate of drug-likeness (QED) is 0.623. The van der Waals surface area contributed by atoms with Gasteiger partial charge in [0, 0.05) is 30.9 Å². The number of aromatic nitrogens is 3. The number of aryl methyl sites for hydroxylation is 2. The first kappa shape index (κ1) is 21.7. The number of ether oxygens (including phenoxy) is 1. The molecule has 1 N–H and O–H groups in total. The molecule has 1 atom stereocenters. The van der Waals surface area contributed by atoms with Crippen LogP contribution in [0.1, 0.15) is 39.3 Å². The number of methoxy groups -OCH3 is 1. The molecule has 4 rings (SSSR count). The fourth-order valence-electron chi connectivity index (χ4n) is 4.14. The van der Waals surface area contributed by atoms with Crippen LogP contribution in [-0.2, 0) is 11.8 Å². The Balaban J connectivity index is 1.67. The minimum atomic E-state index is -0.457. The lowest BCUT2D eigenvalue weighted by Crippen LogP contribution is -2.49. The van der Waals surface area contributed by atoms with Crippen LogP contribution >= 0.6 is 0 Å². The summed E-state index contributed by atoms with van der Waals surface area (Å²) in [7, 11) is 3.04. The van der Waals surface area contributed by atoms with Gasteiger partial charge in [-0.15, -0.1) is 0 Å². The average molecular weight is 434 g/mol. The minimum absolute atomic E-state index is 0.0359. The third-order valence-electron chi connectivity index (χ3n) is 5.83. The highest BCUT2D eigenvalue weighted by molar-refractivity contribution is 6.06. The highest BCUT2D eigenvalue weighted by Crippen LogP contribution is 2.27. The number of hydrogen-bond donors (Lipinski definition) is 1.